The SMILES string of the molecule is Cc1nc(CC(C)OC(C)C)ccc1C(=O)Nc1ccc(Oc2cccc(Cl)c2)cc1. The number of pyridine rings is 1. The average Bonchev–Trinajstić information content (AvgIpc) is 2.69. The number of nitrogens with zero attached hydrogens (tertiary/aromatic N) is 1. The first-order valence-corrected chi connectivity index (χ1v) is 10.6. The first kappa shape index (κ1) is 22.8. The van der Waals surface area contributed by atoms with Gasteiger partial charge in [-0.15, -0.1) is 0 Å². The molecule has 0 saturated heterocycles. The van der Waals surface area contributed by atoms with Crippen LogP contribution in [0.15, 0.2) is 60.7 Å². The van der Waals surface area contributed by atoms with E-state index in [0.717, 1.165) is 5.69 Å². The van der Waals surface area contributed by atoms with Crippen molar-refractivity contribution in [2.24, 2.45) is 0 Å². The monoisotopic (exact) mass is 438 g/mol. The number of amides is 1. The van der Waals surface area contributed by atoms with E-state index in [2.05, 4.69) is 10.3 Å². The van der Waals surface area contributed by atoms with Gasteiger partial charge in [0.2, 0.25) is 0 Å². The Labute approximate surface area is 188 Å². The zero-order chi connectivity index (χ0) is 22.4. The van der Waals surface area contributed by atoms with Crippen molar-refractivity contribution in [1.82, 2.24) is 4.98 Å². The molecule has 6 heteroatoms. The third-order valence-electron chi connectivity index (χ3n) is 4.53. The van der Waals surface area contributed by atoms with Gasteiger partial charge in [0.05, 0.1) is 23.5 Å². The van der Waals surface area contributed by atoms with E-state index in [1.54, 1.807) is 36.4 Å². The number of hydrogen-bond donors (Lipinski definition) is 1. The summed E-state index contributed by atoms with van der Waals surface area (Å²) in [6.07, 6.45) is 0.942. The maximum atomic E-state index is 12.7. The highest BCUT2D eigenvalue weighted by molar-refractivity contribution is 6.30. The van der Waals surface area contributed by atoms with Crippen LogP contribution in [0.4, 0.5) is 5.69 Å². The molecule has 31 heavy (non-hydrogen) atoms. The summed E-state index contributed by atoms with van der Waals surface area (Å²) in [5.74, 6) is 1.10. The number of halogens is 1. The summed E-state index contributed by atoms with van der Waals surface area (Å²) in [6, 6.07) is 18.0. The van der Waals surface area contributed by atoms with Crippen molar-refractivity contribution in [3.63, 3.8) is 0 Å². The lowest BCUT2D eigenvalue weighted by molar-refractivity contribution is 0.0190. The van der Waals surface area contributed by atoms with E-state index in [1.165, 1.54) is 0 Å². The van der Waals surface area contributed by atoms with Crippen LogP contribution >= 0.6 is 11.6 Å². The van der Waals surface area contributed by atoms with Crippen LogP contribution in [0.25, 0.3) is 0 Å². The molecule has 0 spiro atoms. The molecule has 3 rings (SSSR count). The topological polar surface area (TPSA) is 60.5 Å². The Bertz CT molecular complexity index is 1040. The van der Waals surface area contributed by atoms with E-state index >= 15 is 0 Å². The average molecular weight is 439 g/mol. The Balaban J connectivity index is 1.61. The van der Waals surface area contributed by atoms with Gasteiger partial charge in [-0.1, -0.05) is 17.7 Å². The van der Waals surface area contributed by atoms with Crippen molar-refractivity contribution in [3.8, 4) is 11.5 Å². The van der Waals surface area contributed by atoms with Gasteiger partial charge >= 0.3 is 0 Å². The quantitative estimate of drug-likeness (QED) is 0.439. The third kappa shape index (κ3) is 6.81. The molecule has 1 N–H and O–H groups in total. The number of carbonyl (C=O) groups excluding carboxylic acids is 1. The van der Waals surface area contributed by atoms with Gasteiger partial charge in [0.25, 0.3) is 5.91 Å². The molecule has 1 aromatic heterocycles. The van der Waals surface area contributed by atoms with E-state index in [9.17, 15) is 4.79 Å². The van der Waals surface area contributed by atoms with Gasteiger partial charge in [-0.3, -0.25) is 9.78 Å². The summed E-state index contributed by atoms with van der Waals surface area (Å²) in [4.78, 5) is 17.3. The Morgan fingerprint density at radius 1 is 1.03 bits per heavy atom. The number of aryl methyl sites for hydroxylation is 1. The zero-order valence-electron chi connectivity index (χ0n) is 18.2. The molecule has 5 nitrogen and oxygen atoms in total. The number of hydrogen-bond acceptors (Lipinski definition) is 4. The summed E-state index contributed by atoms with van der Waals surface area (Å²) in [5, 5.41) is 3.51. The van der Waals surface area contributed by atoms with Crippen molar-refractivity contribution in [2.75, 3.05) is 5.32 Å². The number of nitrogens with one attached hydrogen (secondary N) is 1. The van der Waals surface area contributed by atoms with Crippen LogP contribution in [0.5, 0.6) is 11.5 Å². The normalized spacial score (nSPS) is 11.9. The van der Waals surface area contributed by atoms with E-state index in [1.807, 2.05) is 52.0 Å². The smallest absolute Gasteiger partial charge is 0.257 e. The molecule has 0 aliphatic rings. The van der Waals surface area contributed by atoms with E-state index in [-0.39, 0.29) is 18.1 Å². The summed E-state index contributed by atoms with van der Waals surface area (Å²) in [5.41, 5.74) is 2.81. The van der Waals surface area contributed by atoms with Gasteiger partial charge in [-0.2, -0.15) is 0 Å². The minimum Gasteiger partial charge on any atom is -0.457 e. The van der Waals surface area contributed by atoms with Crippen LogP contribution in [0.1, 0.15) is 42.5 Å². The predicted octanol–water partition coefficient (Wildman–Crippen LogP) is 6.44. The summed E-state index contributed by atoms with van der Waals surface area (Å²) < 4.78 is 11.5. The molecule has 1 amide bonds. The van der Waals surface area contributed by atoms with Crippen molar-refractivity contribution < 1.29 is 14.3 Å². The zero-order valence-corrected chi connectivity index (χ0v) is 18.9. The first-order chi connectivity index (χ1) is 14.8. The molecule has 0 fully saturated rings. The minimum atomic E-state index is -0.202. The molecule has 0 aliphatic heterocycles. The summed E-state index contributed by atoms with van der Waals surface area (Å²) in [6.45, 7) is 7.89. The number of carbonyl (C=O) groups is 1. The van der Waals surface area contributed by atoms with Crippen molar-refractivity contribution in [1.29, 1.82) is 0 Å². The van der Waals surface area contributed by atoms with Crippen LogP contribution < -0.4 is 10.1 Å². The molecule has 2 aromatic carbocycles. The highest BCUT2D eigenvalue weighted by Crippen LogP contribution is 2.25. The molecule has 1 atom stereocenters. The molecule has 0 saturated carbocycles. The summed E-state index contributed by atoms with van der Waals surface area (Å²) in [7, 11) is 0. The number of aromatic nitrogens is 1. The lowest BCUT2D eigenvalue weighted by atomic mass is 10.1. The number of rotatable bonds is 8. The van der Waals surface area contributed by atoms with Crippen LogP contribution in [-0.2, 0) is 11.2 Å². The number of benzene rings is 2. The van der Waals surface area contributed by atoms with Crippen molar-refractivity contribution in [3.05, 3.63) is 82.6 Å². The first-order valence-electron chi connectivity index (χ1n) is 10.3. The Kier molecular flexibility index (Phi) is 7.66. The van der Waals surface area contributed by atoms with E-state index in [4.69, 9.17) is 21.1 Å². The van der Waals surface area contributed by atoms with Gasteiger partial charge in [0, 0.05) is 22.8 Å². The van der Waals surface area contributed by atoms with Crippen LogP contribution in [0, 0.1) is 6.92 Å². The molecule has 3 aromatic rings. The maximum absolute atomic E-state index is 12.7. The van der Waals surface area contributed by atoms with E-state index in [0.29, 0.717) is 39.9 Å². The van der Waals surface area contributed by atoms with Gasteiger partial charge in [0.1, 0.15) is 11.5 Å². The molecular formula is C25H27ClN2O3. The Morgan fingerprint density at radius 2 is 1.77 bits per heavy atom. The molecule has 0 bridgehead atoms. The number of ether oxygens (including phenoxy) is 2. The molecule has 1 heterocycles. The lowest BCUT2D eigenvalue weighted by Crippen LogP contribution is -2.18. The minimum absolute atomic E-state index is 0.0687. The highest BCUT2D eigenvalue weighted by Gasteiger charge is 2.13. The summed E-state index contributed by atoms with van der Waals surface area (Å²) >= 11 is 5.98. The molecule has 0 aliphatic carbocycles. The van der Waals surface area contributed by atoms with Crippen LogP contribution in [0.3, 0.4) is 0 Å². The Morgan fingerprint density at radius 3 is 2.42 bits per heavy atom. The fourth-order valence-corrected chi connectivity index (χ4v) is 3.43. The van der Waals surface area contributed by atoms with Crippen molar-refractivity contribution in [2.45, 2.75) is 46.3 Å². The fourth-order valence-electron chi connectivity index (χ4n) is 3.25. The van der Waals surface area contributed by atoms with Gasteiger partial charge in [0.15, 0.2) is 0 Å². The van der Waals surface area contributed by atoms with Gasteiger partial charge in [-0.05, 0) is 82.3 Å². The Hall–Kier alpha value is -2.89. The highest BCUT2D eigenvalue weighted by atomic mass is 35.5. The molecular weight excluding hydrogens is 412 g/mol. The fraction of sp³-hybridized carbons (Fsp3) is 0.280. The third-order valence-corrected chi connectivity index (χ3v) is 4.77. The lowest BCUT2D eigenvalue weighted by Gasteiger charge is -2.16. The predicted molar refractivity (Wildman–Crippen MR) is 124 cm³/mol. The van der Waals surface area contributed by atoms with Crippen LogP contribution in [0.2, 0.25) is 5.02 Å². The second-order valence-electron chi connectivity index (χ2n) is 7.67. The second-order valence-corrected chi connectivity index (χ2v) is 8.11. The number of anilines is 1. The second kappa shape index (κ2) is 10.4. The van der Waals surface area contributed by atoms with Gasteiger partial charge in [-0.25, -0.2) is 0 Å². The van der Waals surface area contributed by atoms with Crippen molar-refractivity contribution >= 4 is 23.2 Å². The van der Waals surface area contributed by atoms with Crippen LogP contribution in [-0.4, -0.2) is 23.1 Å². The molecule has 0 radical (unpaired) electrons. The van der Waals surface area contributed by atoms with Gasteiger partial charge < -0.3 is 14.8 Å². The maximum Gasteiger partial charge on any atom is 0.257 e. The molecule has 1 unspecified atom stereocenters. The molecule has 162 valence electrons. The largest absolute Gasteiger partial charge is 0.457 e. The standard InChI is InChI=1S/C25H27ClN2O3/c1-16(2)30-17(3)14-21-10-13-24(18(4)27-21)25(29)28-20-8-11-22(12-9-20)31-23-7-5-6-19(26)15-23/h5-13,15-17H,14H2,1-4H3,(H,28,29). The van der Waals surface area contributed by atoms with E-state index < -0.39 is 0 Å².